The Morgan fingerprint density at radius 3 is 2.58 bits per heavy atom. The van der Waals surface area contributed by atoms with Gasteiger partial charge in [0.1, 0.15) is 0 Å². The Labute approximate surface area is 214 Å². The van der Waals surface area contributed by atoms with E-state index >= 15 is 0 Å². The van der Waals surface area contributed by atoms with Gasteiger partial charge in [0.2, 0.25) is 11.8 Å². The van der Waals surface area contributed by atoms with E-state index in [1.807, 2.05) is 18.2 Å². The van der Waals surface area contributed by atoms with Crippen molar-refractivity contribution in [3.63, 3.8) is 0 Å². The Balaban J connectivity index is 1.25. The third-order valence-electron chi connectivity index (χ3n) is 8.21. The van der Waals surface area contributed by atoms with Gasteiger partial charge in [-0.05, 0) is 92.6 Å². The second kappa shape index (κ2) is 11.5. The van der Waals surface area contributed by atoms with E-state index in [1.165, 1.54) is 24.0 Å². The number of piperidine rings is 1. The molecule has 1 unspecified atom stereocenters. The van der Waals surface area contributed by atoms with Crippen LogP contribution in [0.15, 0.2) is 42.7 Å². The number of aromatic nitrogens is 1. The van der Waals surface area contributed by atoms with Gasteiger partial charge in [-0.25, -0.2) is 0 Å². The number of nitrogens with one attached hydrogen (secondary N) is 2. The van der Waals surface area contributed by atoms with E-state index in [0.717, 1.165) is 43.6 Å². The van der Waals surface area contributed by atoms with Crippen LogP contribution >= 0.6 is 0 Å². The van der Waals surface area contributed by atoms with Crippen molar-refractivity contribution < 1.29 is 9.59 Å². The highest BCUT2D eigenvalue weighted by Gasteiger charge is 2.36. The highest BCUT2D eigenvalue weighted by Crippen LogP contribution is 2.28. The fourth-order valence-electron chi connectivity index (χ4n) is 6.25. The van der Waals surface area contributed by atoms with Gasteiger partial charge in [0.05, 0.1) is 11.8 Å². The smallest absolute Gasteiger partial charge is 0.228 e. The topological polar surface area (TPSA) is 77.6 Å². The summed E-state index contributed by atoms with van der Waals surface area (Å²) in [5, 5.41) is 6.39. The molecule has 3 atom stereocenters. The lowest BCUT2D eigenvalue weighted by molar-refractivity contribution is -0.130. The summed E-state index contributed by atoms with van der Waals surface area (Å²) in [6.45, 7) is 7.04. The minimum atomic E-state index is -0.233. The zero-order valence-electron chi connectivity index (χ0n) is 21.4. The van der Waals surface area contributed by atoms with Crippen molar-refractivity contribution >= 4 is 17.5 Å². The van der Waals surface area contributed by atoms with E-state index in [0.29, 0.717) is 38.6 Å². The number of nitrogens with zero attached hydrogens (tertiary/aromatic N) is 3. The molecule has 192 valence electrons. The minimum Gasteiger partial charge on any atom is -0.354 e. The molecule has 2 aliphatic heterocycles. The molecule has 2 saturated heterocycles. The maximum absolute atomic E-state index is 13.4. The van der Waals surface area contributed by atoms with Gasteiger partial charge in [-0.3, -0.25) is 24.4 Å². The molecule has 1 aliphatic carbocycles. The lowest BCUT2D eigenvalue weighted by Gasteiger charge is -2.37. The van der Waals surface area contributed by atoms with Crippen LogP contribution in [0.4, 0.5) is 5.69 Å². The lowest BCUT2D eigenvalue weighted by Crippen LogP contribution is -2.50. The van der Waals surface area contributed by atoms with Crippen LogP contribution in [0.5, 0.6) is 0 Å². The lowest BCUT2D eigenvalue weighted by atomic mass is 9.87. The number of rotatable bonds is 8. The van der Waals surface area contributed by atoms with E-state index in [2.05, 4.69) is 44.5 Å². The number of hydrogen-bond donors (Lipinski definition) is 2. The number of aryl methyl sites for hydroxylation is 2. The fraction of sp³-hybridized carbons (Fsp3) is 0.552. The Morgan fingerprint density at radius 1 is 1.00 bits per heavy atom. The van der Waals surface area contributed by atoms with E-state index in [4.69, 9.17) is 0 Å². The Kier molecular flexibility index (Phi) is 7.97. The van der Waals surface area contributed by atoms with Crippen molar-refractivity contribution in [1.29, 1.82) is 0 Å². The Hall–Kier alpha value is -2.77. The number of benzene rings is 1. The van der Waals surface area contributed by atoms with Crippen molar-refractivity contribution in [2.45, 2.75) is 58.0 Å². The molecular weight excluding hydrogens is 450 g/mol. The molecule has 3 aliphatic rings. The molecular formula is C29H39N5O2. The van der Waals surface area contributed by atoms with Gasteiger partial charge in [-0.15, -0.1) is 0 Å². The van der Waals surface area contributed by atoms with Crippen molar-refractivity contribution in [3.8, 4) is 0 Å². The van der Waals surface area contributed by atoms with Crippen LogP contribution in [0.3, 0.4) is 0 Å². The predicted molar refractivity (Wildman–Crippen MR) is 141 cm³/mol. The van der Waals surface area contributed by atoms with Crippen molar-refractivity contribution in [3.05, 3.63) is 59.4 Å². The van der Waals surface area contributed by atoms with Crippen LogP contribution in [0.1, 0.15) is 49.3 Å². The normalized spacial score (nSPS) is 24.4. The second-order valence-electron chi connectivity index (χ2n) is 10.7. The molecule has 0 bridgehead atoms. The van der Waals surface area contributed by atoms with Crippen molar-refractivity contribution in [2.75, 3.05) is 38.0 Å². The van der Waals surface area contributed by atoms with Gasteiger partial charge in [0.15, 0.2) is 0 Å². The van der Waals surface area contributed by atoms with Gasteiger partial charge in [0, 0.05) is 50.3 Å². The van der Waals surface area contributed by atoms with Crippen LogP contribution in [0, 0.1) is 11.8 Å². The number of amides is 2. The first-order valence-electron chi connectivity index (χ1n) is 13.6. The van der Waals surface area contributed by atoms with Crippen LogP contribution < -0.4 is 10.6 Å². The molecule has 2 N–H and O–H groups in total. The SMILES string of the molecule is CCN1CCCC1CNC(=O)[C@H]1C[C@@H](C(=O)Nc2ccc3c(c2)CCC3)CN(Cc2ccncc2)C1. The monoisotopic (exact) mass is 489 g/mol. The molecule has 1 aromatic carbocycles. The molecule has 0 spiro atoms. The molecule has 0 radical (unpaired) electrons. The summed E-state index contributed by atoms with van der Waals surface area (Å²) >= 11 is 0. The van der Waals surface area contributed by atoms with Gasteiger partial charge >= 0.3 is 0 Å². The number of anilines is 1. The molecule has 5 rings (SSSR count). The van der Waals surface area contributed by atoms with Crippen LogP contribution in [-0.2, 0) is 29.0 Å². The van der Waals surface area contributed by atoms with Gasteiger partial charge in [-0.1, -0.05) is 13.0 Å². The first kappa shape index (κ1) is 24.9. The summed E-state index contributed by atoms with van der Waals surface area (Å²) in [5.41, 5.74) is 4.76. The highest BCUT2D eigenvalue weighted by atomic mass is 16.2. The summed E-state index contributed by atoms with van der Waals surface area (Å²) in [7, 11) is 0. The van der Waals surface area contributed by atoms with Crippen molar-refractivity contribution in [1.82, 2.24) is 20.1 Å². The molecule has 2 amide bonds. The summed E-state index contributed by atoms with van der Waals surface area (Å²) < 4.78 is 0. The molecule has 7 nitrogen and oxygen atoms in total. The van der Waals surface area contributed by atoms with Crippen molar-refractivity contribution in [2.24, 2.45) is 11.8 Å². The van der Waals surface area contributed by atoms with Crippen LogP contribution in [0.2, 0.25) is 0 Å². The molecule has 3 heterocycles. The average molecular weight is 490 g/mol. The van der Waals surface area contributed by atoms with E-state index < -0.39 is 0 Å². The summed E-state index contributed by atoms with van der Waals surface area (Å²) in [5.74, 6) is -0.345. The Morgan fingerprint density at radius 2 is 1.78 bits per heavy atom. The first-order chi connectivity index (χ1) is 17.6. The fourth-order valence-corrected chi connectivity index (χ4v) is 6.25. The number of carbonyl (C=O) groups is 2. The number of pyridine rings is 1. The molecule has 2 aromatic rings. The average Bonchev–Trinajstić information content (AvgIpc) is 3.56. The number of fused-ring (bicyclic) bond motifs is 1. The largest absolute Gasteiger partial charge is 0.354 e. The molecule has 2 fully saturated rings. The van der Waals surface area contributed by atoms with Crippen LogP contribution in [-0.4, -0.2) is 65.4 Å². The quantitative estimate of drug-likeness (QED) is 0.595. The van der Waals surface area contributed by atoms with Gasteiger partial charge < -0.3 is 10.6 Å². The third kappa shape index (κ3) is 5.95. The second-order valence-corrected chi connectivity index (χ2v) is 10.7. The van der Waals surface area contributed by atoms with Gasteiger partial charge in [-0.2, -0.15) is 0 Å². The zero-order chi connectivity index (χ0) is 24.9. The summed E-state index contributed by atoms with van der Waals surface area (Å²) in [6.07, 6.45) is 9.90. The van der Waals surface area contributed by atoms with E-state index in [1.54, 1.807) is 12.4 Å². The first-order valence-corrected chi connectivity index (χ1v) is 13.6. The van der Waals surface area contributed by atoms with E-state index in [-0.39, 0.29) is 23.7 Å². The zero-order valence-corrected chi connectivity index (χ0v) is 21.4. The van der Waals surface area contributed by atoms with Crippen LogP contribution in [0.25, 0.3) is 0 Å². The molecule has 7 heteroatoms. The molecule has 1 aromatic heterocycles. The molecule has 0 saturated carbocycles. The number of likely N-dealkylation sites (N-methyl/N-ethyl adjacent to an activating group) is 1. The predicted octanol–water partition coefficient (Wildman–Crippen LogP) is 3.25. The minimum absolute atomic E-state index is 0.0122. The Bertz CT molecular complexity index is 1060. The number of likely N-dealkylation sites (tertiary alicyclic amines) is 2. The number of carbonyl (C=O) groups excluding carboxylic acids is 2. The molecule has 36 heavy (non-hydrogen) atoms. The third-order valence-corrected chi connectivity index (χ3v) is 8.21. The van der Waals surface area contributed by atoms with Gasteiger partial charge in [0.25, 0.3) is 0 Å². The number of hydrogen-bond acceptors (Lipinski definition) is 5. The summed E-state index contributed by atoms with van der Waals surface area (Å²) in [4.78, 5) is 35.5. The maximum Gasteiger partial charge on any atom is 0.228 e. The highest BCUT2D eigenvalue weighted by molar-refractivity contribution is 5.93. The van der Waals surface area contributed by atoms with E-state index in [9.17, 15) is 9.59 Å². The maximum atomic E-state index is 13.4. The standard InChI is InChI=1S/C29H39N5O2/c1-2-34-14-4-7-27(34)17-31-28(35)24-15-25(20-33(19-24)18-21-10-12-30-13-11-21)29(36)32-26-9-8-22-5-3-6-23(22)16-26/h8-13,16,24-25,27H,2-7,14-15,17-20H2,1H3,(H,31,35)(H,32,36)/t24-,25+,27?/m0/s1. The summed E-state index contributed by atoms with van der Waals surface area (Å²) in [6, 6.07) is 10.7.